The van der Waals surface area contributed by atoms with E-state index in [2.05, 4.69) is 31.0 Å². The first kappa shape index (κ1) is 16.3. The van der Waals surface area contributed by atoms with Crippen LogP contribution in [-0.4, -0.2) is 24.2 Å². The molecule has 0 spiro atoms. The van der Waals surface area contributed by atoms with E-state index in [1.54, 1.807) is 0 Å². The summed E-state index contributed by atoms with van der Waals surface area (Å²) in [6.45, 7) is 6.88. The van der Waals surface area contributed by atoms with Crippen LogP contribution in [0.3, 0.4) is 0 Å². The predicted molar refractivity (Wildman–Crippen MR) is 81.5 cm³/mol. The van der Waals surface area contributed by atoms with Crippen molar-refractivity contribution < 1.29 is 9.90 Å². The molecule has 1 aromatic carbocycles. The van der Waals surface area contributed by atoms with Gasteiger partial charge in [0.1, 0.15) is 0 Å². The quantitative estimate of drug-likeness (QED) is 0.810. The maximum absolute atomic E-state index is 12.2. The molecule has 0 bridgehead atoms. The van der Waals surface area contributed by atoms with Gasteiger partial charge in [-0.1, -0.05) is 43.7 Å². The molecule has 1 rings (SSSR count). The molecule has 0 aromatic heterocycles. The van der Waals surface area contributed by atoms with Crippen LogP contribution in [0.5, 0.6) is 0 Å². The molecular weight excluding hydrogens is 250 g/mol. The van der Waals surface area contributed by atoms with E-state index in [1.165, 1.54) is 0 Å². The lowest BCUT2D eigenvalue weighted by Crippen LogP contribution is -2.28. The molecule has 0 fully saturated rings. The van der Waals surface area contributed by atoms with Crippen molar-refractivity contribution in [2.45, 2.75) is 33.6 Å². The Balaban J connectivity index is 2.89. The van der Waals surface area contributed by atoms with E-state index >= 15 is 0 Å². The van der Waals surface area contributed by atoms with E-state index in [0.717, 1.165) is 12.0 Å². The van der Waals surface area contributed by atoms with Gasteiger partial charge in [0.05, 0.1) is 12.2 Å². The van der Waals surface area contributed by atoms with Gasteiger partial charge in [-0.15, -0.1) is 0 Å². The Hall–Kier alpha value is -1.79. The van der Waals surface area contributed by atoms with Crippen LogP contribution in [-0.2, 0) is 0 Å². The fourth-order valence-electron chi connectivity index (χ4n) is 1.68. The Labute approximate surface area is 121 Å². The largest absolute Gasteiger partial charge is 0.395 e. The third-order valence-electron chi connectivity index (χ3n) is 3.19. The third-order valence-corrected chi connectivity index (χ3v) is 3.19. The van der Waals surface area contributed by atoms with Crippen LogP contribution in [0.2, 0.25) is 0 Å². The second-order valence-electron chi connectivity index (χ2n) is 5.05. The van der Waals surface area contributed by atoms with E-state index < -0.39 is 0 Å². The monoisotopic (exact) mass is 273 g/mol. The highest BCUT2D eigenvalue weighted by molar-refractivity contribution is 5.96. The first-order valence-corrected chi connectivity index (χ1v) is 7.07. The van der Waals surface area contributed by atoms with Gasteiger partial charge in [-0.2, -0.15) is 0 Å². The second-order valence-corrected chi connectivity index (χ2v) is 5.05. The predicted octanol–water partition coefficient (Wildman–Crippen LogP) is 2.50. The summed E-state index contributed by atoms with van der Waals surface area (Å²) in [6.07, 6.45) is 1.46. The van der Waals surface area contributed by atoms with Crippen molar-refractivity contribution >= 4 is 5.91 Å². The van der Waals surface area contributed by atoms with Gasteiger partial charge in [0.25, 0.3) is 5.91 Å². The zero-order valence-corrected chi connectivity index (χ0v) is 12.5. The Morgan fingerprint density at radius 2 is 2.20 bits per heavy atom. The van der Waals surface area contributed by atoms with E-state index in [4.69, 9.17) is 5.11 Å². The molecule has 1 unspecified atom stereocenters. The average molecular weight is 273 g/mol. The minimum absolute atomic E-state index is 0.0361. The lowest BCUT2D eigenvalue weighted by Gasteiger charge is -2.11. The van der Waals surface area contributed by atoms with Crippen LogP contribution in [0.4, 0.5) is 0 Å². The van der Waals surface area contributed by atoms with E-state index in [0.29, 0.717) is 30.0 Å². The van der Waals surface area contributed by atoms with E-state index in [9.17, 15) is 4.79 Å². The zero-order valence-electron chi connectivity index (χ0n) is 12.5. The highest BCUT2D eigenvalue weighted by Crippen LogP contribution is 2.11. The first-order valence-electron chi connectivity index (χ1n) is 7.07. The molecule has 0 heterocycles. The average Bonchev–Trinajstić information content (AvgIpc) is 2.46. The number of rotatable bonds is 5. The summed E-state index contributed by atoms with van der Waals surface area (Å²) in [5.41, 5.74) is 2.36. The number of aliphatic hydroxyl groups excluding tert-OH is 1. The van der Waals surface area contributed by atoms with Crippen molar-refractivity contribution in [3.63, 3.8) is 0 Å². The molecule has 3 heteroatoms. The number of hydrogen-bond donors (Lipinski definition) is 2. The maximum atomic E-state index is 12.2. The normalized spacial score (nSPS) is 11.4. The molecule has 3 nitrogen and oxygen atoms in total. The molecule has 2 N–H and O–H groups in total. The van der Waals surface area contributed by atoms with E-state index in [-0.39, 0.29) is 12.5 Å². The lowest BCUT2D eigenvalue weighted by molar-refractivity contribution is 0.0947. The number of carbonyl (C=O) groups excluding carboxylic acids is 1. The summed E-state index contributed by atoms with van der Waals surface area (Å²) in [5, 5.41) is 11.7. The van der Waals surface area contributed by atoms with Crippen molar-refractivity contribution in [1.29, 1.82) is 0 Å². The standard InChI is InChI=1S/C17H23NO2/c1-4-13(2)12-18-17(20)16-11-14(3)8-9-15(16)7-5-6-10-19/h8-9,11,13,19H,4,6,10,12H2,1-3H3,(H,18,20). The van der Waals surface area contributed by atoms with Gasteiger partial charge in [-0.3, -0.25) is 4.79 Å². The first-order chi connectivity index (χ1) is 9.58. The van der Waals surface area contributed by atoms with Gasteiger partial charge >= 0.3 is 0 Å². The van der Waals surface area contributed by atoms with Crippen molar-refractivity contribution in [1.82, 2.24) is 5.32 Å². The van der Waals surface area contributed by atoms with Gasteiger partial charge in [0.15, 0.2) is 0 Å². The van der Waals surface area contributed by atoms with E-state index in [1.807, 2.05) is 25.1 Å². The molecule has 0 saturated heterocycles. The van der Waals surface area contributed by atoms with Crippen molar-refractivity contribution in [3.8, 4) is 11.8 Å². The summed E-state index contributed by atoms with van der Waals surface area (Å²) < 4.78 is 0. The lowest BCUT2D eigenvalue weighted by atomic mass is 10.0. The zero-order chi connectivity index (χ0) is 15.0. The fraction of sp³-hybridized carbons (Fsp3) is 0.471. The number of nitrogens with one attached hydrogen (secondary N) is 1. The minimum atomic E-state index is -0.0812. The topological polar surface area (TPSA) is 49.3 Å². The highest BCUT2D eigenvalue weighted by atomic mass is 16.2. The summed E-state index contributed by atoms with van der Waals surface area (Å²) in [6, 6.07) is 5.65. The summed E-state index contributed by atoms with van der Waals surface area (Å²) in [5.74, 6) is 6.20. The van der Waals surface area contributed by atoms with Crippen LogP contribution < -0.4 is 5.32 Å². The van der Waals surface area contributed by atoms with Crippen LogP contribution in [0.25, 0.3) is 0 Å². The molecule has 0 radical (unpaired) electrons. The number of amides is 1. The Morgan fingerprint density at radius 3 is 2.85 bits per heavy atom. The van der Waals surface area contributed by atoms with Crippen LogP contribution in [0.1, 0.15) is 48.2 Å². The summed E-state index contributed by atoms with van der Waals surface area (Å²) in [4.78, 5) is 12.2. The number of benzene rings is 1. The Morgan fingerprint density at radius 1 is 1.45 bits per heavy atom. The SMILES string of the molecule is CCC(C)CNC(=O)c1cc(C)ccc1C#CCCO. The molecule has 1 atom stereocenters. The van der Waals surface area contributed by atoms with Crippen molar-refractivity contribution in [2.24, 2.45) is 5.92 Å². The molecule has 1 amide bonds. The molecule has 0 aliphatic rings. The number of carbonyl (C=O) groups is 1. The Kier molecular flexibility index (Phi) is 6.83. The molecule has 0 aliphatic heterocycles. The minimum Gasteiger partial charge on any atom is -0.395 e. The van der Waals surface area contributed by atoms with Crippen molar-refractivity contribution in [3.05, 3.63) is 34.9 Å². The smallest absolute Gasteiger partial charge is 0.252 e. The number of hydrogen-bond acceptors (Lipinski definition) is 2. The molecule has 20 heavy (non-hydrogen) atoms. The van der Waals surface area contributed by atoms with Gasteiger partial charge in [-0.05, 0) is 25.0 Å². The van der Waals surface area contributed by atoms with Gasteiger partial charge in [-0.25, -0.2) is 0 Å². The maximum Gasteiger partial charge on any atom is 0.252 e. The highest BCUT2D eigenvalue weighted by Gasteiger charge is 2.11. The van der Waals surface area contributed by atoms with Gasteiger partial charge in [0.2, 0.25) is 0 Å². The number of aliphatic hydroxyl groups is 1. The van der Waals surface area contributed by atoms with Crippen LogP contribution >= 0.6 is 0 Å². The second kappa shape index (κ2) is 8.39. The Bertz CT molecular complexity index is 511. The molecular formula is C17H23NO2. The van der Waals surface area contributed by atoms with Gasteiger partial charge in [0, 0.05) is 18.5 Å². The fourth-order valence-corrected chi connectivity index (χ4v) is 1.68. The van der Waals surface area contributed by atoms with Crippen molar-refractivity contribution in [2.75, 3.05) is 13.2 Å². The van der Waals surface area contributed by atoms with Crippen LogP contribution in [0.15, 0.2) is 18.2 Å². The number of aryl methyl sites for hydroxylation is 1. The summed E-state index contributed by atoms with van der Waals surface area (Å²) >= 11 is 0. The summed E-state index contributed by atoms with van der Waals surface area (Å²) in [7, 11) is 0. The van der Waals surface area contributed by atoms with Crippen LogP contribution in [0, 0.1) is 24.7 Å². The molecule has 1 aromatic rings. The molecule has 0 aliphatic carbocycles. The molecule has 108 valence electrons. The molecule has 0 saturated carbocycles. The third kappa shape index (κ3) is 5.07. The van der Waals surface area contributed by atoms with Gasteiger partial charge < -0.3 is 10.4 Å².